The number of carbonyl (C=O) groups excluding carboxylic acids is 1. The molecular weight excluding hydrogens is 500 g/mol. The number of carbonyl (C=O) groups is 1. The van der Waals surface area contributed by atoms with Gasteiger partial charge in [-0.1, -0.05) is 62.9 Å². The van der Waals surface area contributed by atoms with Crippen LogP contribution in [0.1, 0.15) is 33.4 Å². The van der Waals surface area contributed by atoms with Gasteiger partial charge in [0.25, 0.3) is 5.91 Å². The molecule has 33 heavy (non-hydrogen) atoms. The second-order valence-corrected chi connectivity index (χ2v) is 9.23. The predicted octanol–water partition coefficient (Wildman–Crippen LogP) is 7.17. The van der Waals surface area contributed by atoms with Crippen LogP contribution in [0, 0.1) is 32.1 Å². The Labute approximate surface area is 208 Å². The highest BCUT2D eigenvalue weighted by molar-refractivity contribution is 9.10. The van der Waals surface area contributed by atoms with E-state index in [4.69, 9.17) is 16.3 Å². The Morgan fingerprint density at radius 3 is 2.45 bits per heavy atom. The number of nitrogens with zero attached hydrogens (tertiary/aromatic N) is 1. The monoisotopic (exact) mass is 522 g/mol. The summed E-state index contributed by atoms with van der Waals surface area (Å²) in [6, 6.07) is 17.4. The summed E-state index contributed by atoms with van der Waals surface area (Å²) in [6.07, 6.45) is 2.24. The second kappa shape index (κ2) is 10.7. The molecule has 0 bridgehead atoms. The zero-order valence-corrected chi connectivity index (χ0v) is 21.3. The van der Waals surface area contributed by atoms with E-state index >= 15 is 0 Å². The van der Waals surface area contributed by atoms with Crippen LogP contribution < -0.4 is 10.1 Å². The molecule has 0 aliphatic heterocycles. The van der Waals surface area contributed by atoms with Gasteiger partial charge in [-0.25, -0.2) is 0 Å². The van der Waals surface area contributed by atoms with Gasteiger partial charge >= 0.3 is 0 Å². The minimum Gasteiger partial charge on any atom is -0.496 e. The summed E-state index contributed by atoms with van der Waals surface area (Å²) in [5, 5.41) is 12.9. The molecular formula is C27H24BrClN2O2. The van der Waals surface area contributed by atoms with E-state index in [1.54, 1.807) is 25.3 Å². The zero-order chi connectivity index (χ0) is 24.1. The molecule has 3 aromatic rings. The minimum atomic E-state index is -0.503. The predicted molar refractivity (Wildman–Crippen MR) is 138 cm³/mol. The molecule has 3 aromatic carbocycles. The van der Waals surface area contributed by atoms with Crippen molar-refractivity contribution in [2.75, 3.05) is 12.4 Å². The van der Waals surface area contributed by atoms with E-state index in [2.05, 4.69) is 53.3 Å². The number of nitrogens with one attached hydrogen (secondary N) is 1. The topological polar surface area (TPSA) is 62.1 Å². The number of anilines is 1. The van der Waals surface area contributed by atoms with Crippen LogP contribution >= 0.6 is 27.5 Å². The van der Waals surface area contributed by atoms with Crippen molar-refractivity contribution in [2.45, 2.75) is 27.2 Å². The maximum Gasteiger partial charge on any atom is 0.266 e. The van der Waals surface area contributed by atoms with E-state index in [0.29, 0.717) is 28.4 Å². The maximum absolute atomic E-state index is 12.7. The molecule has 0 fully saturated rings. The van der Waals surface area contributed by atoms with E-state index in [-0.39, 0.29) is 5.57 Å². The second-order valence-electron chi connectivity index (χ2n) is 7.94. The van der Waals surface area contributed by atoms with E-state index in [9.17, 15) is 10.1 Å². The molecule has 4 nitrogen and oxygen atoms in total. The smallest absolute Gasteiger partial charge is 0.266 e. The van der Waals surface area contributed by atoms with Crippen LogP contribution in [-0.4, -0.2) is 13.0 Å². The Morgan fingerprint density at radius 2 is 1.82 bits per heavy atom. The first-order chi connectivity index (χ1) is 15.7. The van der Waals surface area contributed by atoms with E-state index in [0.717, 1.165) is 15.6 Å². The van der Waals surface area contributed by atoms with Gasteiger partial charge in [-0.2, -0.15) is 5.26 Å². The van der Waals surface area contributed by atoms with Gasteiger partial charge in [-0.15, -0.1) is 0 Å². The highest BCUT2D eigenvalue weighted by Gasteiger charge is 2.15. The number of rotatable bonds is 6. The number of amides is 1. The van der Waals surface area contributed by atoms with Gasteiger partial charge in [-0.3, -0.25) is 4.79 Å². The number of aryl methyl sites for hydroxylation is 3. The molecule has 0 heterocycles. The summed E-state index contributed by atoms with van der Waals surface area (Å²) < 4.78 is 6.49. The fourth-order valence-corrected chi connectivity index (χ4v) is 4.45. The summed E-state index contributed by atoms with van der Waals surface area (Å²) in [5.41, 5.74) is 6.67. The summed E-state index contributed by atoms with van der Waals surface area (Å²) >= 11 is 9.68. The van der Waals surface area contributed by atoms with Crippen LogP contribution in [0.15, 0.2) is 58.6 Å². The Bertz CT molecular complexity index is 1270. The van der Waals surface area contributed by atoms with Crippen molar-refractivity contribution >= 4 is 45.2 Å². The van der Waals surface area contributed by atoms with Crippen molar-refractivity contribution in [2.24, 2.45) is 0 Å². The molecule has 0 radical (unpaired) electrons. The van der Waals surface area contributed by atoms with E-state index < -0.39 is 5.91 Å². The highest BCUT2D eigenvalue weighted by Crippen LogP contribution is 2.32. The third-order valence-electron chi connectivity index (χ3n) is 5.18. The molecule has 0 saturated heterocycles. The SMILES string of the molecule is COc1cc(/C=C(\C#N)C(=O)Nc2cc(Cl)ccc2C)cc(Br)c1Cc1cc(C)cc(C)c1. The first kappa shape index (κ1) is 24.6. The third-order valence-corrected chi connectivity index (χ3v) is 6.13. The lowest BCUT2D eigenvalue weighted by Gasteiger charge is -2.14. The Hall–Kier alpha value is -3.07. The molecule has 0 spiro atoms. The van der Waals surface area contributed by atoms with Gasteiger partial charge in [0.2, 0.25) is 0 Å². The van der Waals surface area contributed by atoms with Crippen LogP contribution in [-0.2, 0) is 11.2 Å². The van der Waals surface area contributed by atoms with Crippen molar-refractivity contribution < 1.29 is 9.53 Å². The fraction of sp³-hybridized carbons (Fsp3) is 0.185. The molecule has 0 saturated carbocycles. The number of nitriles is 1. The number of hydrogen-bond acceptors (Lipinski definition) is 3. The minimum absolute atomic E-state index is 0.0228. The number of benzene rings is 3. The molecule has 3 rings (SSSR count). The fourth-order valence-electron chi connectivity index (χ4n) is 3.68. The van der Waals surface area contributed by atoms with Crippen molar-refractivity contribution in [1.29, 1.82) is 5.26 Å². The van der Waals surface area contributed by atoms with Crippen LogP contribution in [0.4, 0.5) is 5.69 Å². The average Bonchev–Trinajstić information content (AvgIpc) is 2.75. The van der Waals surface area contributed by atoms with E-state index in [1.807, 2.05) is 31.2 Å². The lowest BCUT2D eigenvalue weighted by Crippen LogP contribution is -2.14. The first-order valence-electron chi connectivity index (χ1n) is 10.3. The quantitative estimate of drug-likeness (QED) is 0.275. The van der Waals surface area contributed by atoms with Gasteiger partial charge in [0, 0.05) is 27.2 Å². The van der Waals surface area contributed by atoms with Gasteiger partial charge in [0.1, 0.15) is 17.4 Å². The van der Waals surface area contributed by atoms with Crippen molar-refractivity contribution in [1.82, 2.24) is 0 Å². The normalized spacial score (nSPS) is 11.1. The molecule has 0 aliphatic carbocycles. The van der Waals surface area contributed by atoms with E-state index in [1.165, 1.54) is 16.7 Å². The summed E-state index contributed by atoms with van der Waals surface area (Å²) in [6.45, 7) is 6.02. The average molecular weight is 524 g/mol. The molecule has 1 N–H and O–H groups in total. The molecule has 1 amide bonds. The van der Waals surface area contributed by atoms with Crippen LogP contribution in [0.5, 0.6) is 5.75 Å². The highest BCUT2D eigenvalue weighted by atomic mass is 79.9. The molecule has 168 valence electrons. The Morgan fingerprint density at radius 1 is 1.12 bits per heavy atom. The number of methoxy groups -OCH3 is 1. The maximum atomic E-state index is 12.7. The lowest BCUT2D eigenvalue weighted by molar-refractivity contribution is -0.112. The molecule has 0 aliphatic rings. The summed E-state index contributed by atoms with van der Waals surface area (Å²) in [7, 11) is 1.61. The lowest BCUT2D eigenvalue weighted by atomic mass is 9.98. The Kier molecular flexibility index (Phi) is 7.97. The van der Waals surface area contributed by atoms with Gasteiger partial charge in [0.05, 0.1) is 7.11 Å². The van der Waals surface area contributed by atoms with Crippen LogP contribution in [0.3, 0.4) is 0 Å². The summed E-state index contributed by atoms with van der Waals surface area (Å²) in [4.78, 5) is 12.7. The Balaban J connectivity index is 1.91. The third kappa shape index (κ3) is 6.25. The first-order valence-corrected chi connectivity index (χ1v) is 11.5. The molecule has 6 heteroatoms. The summed E-state index contributed by atoms with van der Waals surface area (Å²) in [5.74, 6) is 0.176. The molecule has 0 atom stereocenters. The van der Waals surface area contributed by atoms with Gasteiger partial charge in [-0.05, 0) is 67.8 Å². The molecule has 0 aromatic heterocycles. The van der Waals surface area contributed by atoms with Crippen molar-refractivity contribution in [3.05, 3.63) is 97.0 Å². The van der Waals surface area contributed by atoms with Crippen LogP contribution in [0.2, 0.25) is 5.02 Å². The van der Waals surface area contributed by atoms with Crippen molar-refractivity contribution in [3.8, 4) is 11.8 Å². The largest absolute Gasteiger partial charge is 0.496 e. The van der Waals surface area contributed by atoms with Crippen molar-refractivity contribution in [3.63, 3.8) is 0 Å². The number of halogens is 2. The number of hydrogen-bond donors (Lipinski definition) is 1. The number of ether oxygens (including phenoxy) is 1. The molecule has 0 unspecified atom stereocenters. The van der Waals surface area contributed by atoms with Gasteiger partial charge < -0.3 is 10.1 Å². The standard InChI is InChI=1S/C27H24BrClN2O2/c1-16-7-17(2)9-19(8-16)11-23-24(28)12-20(13-26(23)33-4)10-21(15-30)27(32)31-25-14-22(29)6-5-18(25)3/h5-10,12-14H,11H2,1-4H3,(H,31,32)/b21-10+. The zero-order valence-electron chi connectivity index (χ0n) is 18.9. The van der Waals surface area contributed by atoms with Gasteiger partial charge in [0.15, 0.2) is 0 Å². The van der Waals surface area contributed by atoms with Crippen LogP contribution in [0.25, 0.3) is 6.08 Å².